The largest absolute Gasteiger partial charge is 0.374 e. The standard InChI is InChI=1S/C18H21NO/c1-4-19-17-9-7-6-8-15(17)16-12-14(10-11-18(16)19)13(3)20-5-2/h6-13H,4-5H2,1-3H3/t13-/m0/s1. The van der Waals surface area contributed by atoms with Crippen LogP contribution in [0.3, 0.4) is 0 Å². The zero-order valence-electron chi connectivity index (χ0n) is 12.4. The second-order valence-corrected chi connectivity index (χ2v) is 5.14. The van der Waals surface area contributed by atoms with Crippen LogP contribution in [-0.2, 0) is 11.3 Å². The zero-order chi connectivity index (χ0) is 14.1. The van der Waals surface area contributed by atoms with E-state index in [0.29, 0.717) is 0 Å². The molecule has 2 nitrogen and oxygen atoms in total. The molecule has 0 radical (unpaired) electrons. The second-order valence-electron chi connectivity index (χ2n) is 5.14. The molecule has 0 bridgehead atoms. The fourth-order valence-electron chi connectivity index (χ4n) is 3.01. The third-order valence-electron chi connectivity index (χ3n) is 4.00. The molecular formula is C18H21NO. The van der Waals surface area contributed by atoms with Crippen molar-refractivity contribution < 1.29 is 4.74 Å². The Morgan fingerprint density at radius 2 is 1.75 bits per heavy atom. The molecule has 0 unspecified atom stereocenters. The van der Waals surface area contributed by atoms with Crippen molar-refractivity contribution in [3.8, 4) is 0 Å². The minimum Gasteiger partial charge on any atom is -0.374 e. The summed E-state index contributed by atoms with van der Waals surface area (Å²) < 4.78 is 8.09. The Morgan fingerprint density at radius 3 is 2.50 bits per heavy atom. The van der Waals surface area contributed by atoms with Gasteiger partial charge in [-0.2, -0.15) is 0 Å². The van der Waals surface area contributed by atoms with Crippen LogP contribution in [0.1, 0.15) is 32.4 Å². The quantitative estimate of drug-likeness (QED) is 0.655. The Bertz CT molecular complexity index is 742. The highest BCUT2D eigenvalue weighted by Crippen LogP contribution is 2.31. The molecule has 0 amide bonds. The number of hydrogen-bond donors (Lipinski definition) is 0. The number of rotatable bonds is 4. The summed E-state index contributed by atoms with van der Waals surface area (Å²) in [7, 11) is 0. The first-order valence-electron chi connectivity index (χ1n) is 7.38. The van der Waals surface area contributed by atoms with Crippen LogP contribution in [0.25, 0.3) is 21.8 Å². The van der Waals surface area contributed by atoms with E-state index in [1.165, 1.54) is 27.4 Å². The Labute approximate surface area is 120 Å². The van der Waals surface area contributed by atoms with E-state index in [1.54, 1.807) is 0 Å². The number of nitrogens with zero attached hydrogens (tertiary/aromatic N) is 1. The van der Waals surface area contributed by atoms with Crippen molar-refractivity contribution in [1.29, 1.82) is 0 Å². The maximum Gasteiger partial charge on any atom is 0.0796 e. The van der Waals surface area contributed by atoms with Crippen LogP contribution >= 0.6 is 0 Å². The average Bonchev–Trinajstić information content (AvgIpc) is 2.80. The van der Waals surface area contributed by atoms with Gasteiger partial charge in [-0.05, 0) is 44.5 Å². The van der Waals surface area contributed by atoms with Gasteiger partial charge in [-0.15, -0.1) is 0 Å². The van der Waals surface area contributed by atoms with Gasteiger partial charge in [0.1, 0.15) is 0 Å². The monoisotopic (exact) mass is 267 g/mol. The molecule has 1 aromatic heterocycles. The first-order chi connectivity index (χ1) is 9.76. The normalized spacial score (nSPS) is 13.2. The first kappa shape index (κ1) is 13.2. The Hall–Kier alpha value is -1.80. The number of fused-ring (bicyclic) bond motifs is 3. The van der Waals surface area contributed by atoms with Gasteiger partial charge in [-0.3, -0.25) is 0 Å². The molecule has 2 aromatic carbocycles. The number of aryl methyl sites for hydroxylation is 1. The van der Waals surface area contributed by atoms with E-state index in [-0.39, 0.29) is 6.10 Å². The van der Waals surface area contributed by atoms with Gasteiger partial charge in [0, 0.05) is 35.0 Å². The average molecular weight is 267 g/mol. The Balaban J connectivity index is 2.26. The van der Waals surface area contributed by atoms with Crippen LogP contribution in [0, 0.1) is 0 Å². The molecule has 3 rings (SSSR count). The highest BCUT2D eigenvalue weighted by molar-refractivity contribution is 6.08. The third kappa shape index (κ3) is 2.01. The molecule has 0 aliphatic rings. The van der Waals surface area contributed by atoms with Gasteiger partial charge in [0.15, 0.2) is 0 Å². The van der Waals surface area contributed by atoms with Gasteiger partial charge in [0.25, 0.3) is 0 Å². The first-order valence-corrected chi connectivity index (χ1v) is 7.38. The maximum absolute atomic E-state index is 5.72. The third-order valence-corrected chi connectivity index (χ3v) is 4.00. The maximum atomic E-state index is 5.72. The van der Waals surface area contributed by atoms with Crippen LogP contribution in [0.15, 0.2) is 42.5 Å². The van der Waals surface area contributed by atoms with Gasteiger partial charge in [-0.1, -0.05) is 24.3 Å². The summed E-state index contributed by atoms with van der Waals surface area (Å²) in [5, 5.41) is 2.65. The van der Waals surface area contributed by atoms with E-state index in [0.717, 1.165) is 13.2 Å². The van der Waals surface area contributed by atoms with E-state index in [4.69, 9.17) is 4.74 Å². The lowest BCUT2D eigenvalue weighted by Gasteiger charge is -2.12. The summed E-state index contributed by atoms with van der Waals surface area (Å²) in [5.41, 5.74) is 3.87. The lowest BCUT2D eigenvalue weighted by Crippen LogP contribution is -1.99. The van der Waals surface area contributed by atoms with Crippen molar-refractivity contribution in [3.63, 3.8) is 0 Å². The lowest BCUT2D eigenvalue weighted by atomic mass is 10.1. The molecule has 3 aromatic rings. The summed E-state index contributed by atoms with van der Waals surface area (Å²) in [6.45, 7) is 8.09. The second kappa shape index (κ2) is 5.29. The van der Waals surface area contributed by atoms with E-state index < -0.39 is 0 Å². The molecule has 0 N–H and O–H groups in total. The molecule has 0 aliphatic heterocycles. The lowest BCUT2D eigenvalue weighted by molar-refractivity contribution is 0.0765. The molecule has 1 heterocycles. The molecule has 0 saturated carbocycles. The number of benzene rings is 2. The van der Waals surface area contributed by atoms with Crippen LogP contribution in [0.5, 0.6) is 0 Å². The van der Waals surface area contributed by atoms with E-state index in [2.05, 4.69) is 60.9 Å². The van der Waals surface area contributed by atoms with Crippen molar-refractivity contribution in [1.82, 2.24) is 4.57 Å². The molecule has 1 atom stereocenters. The number of hydrogen-bond acceptors (Lipinski definition) is 1. The van der Waals surface area contributed by atoms with Crippen molar-refractivity contribution in [2.24, 2.45) is 0 Å². The van der Waals surface area contributed by atoms with Crippen molar-refractivity contribution in [2.45, 2.75) is 33.4 Å². The number of aromatic nitrogens is 1. The predicted molar refractivity (Wildman–Crippen MR) is 85.2 cm³/mol. The van der Waals surface area contributed by atoms with Gasteiger partial charge in [0.05, 0.1) is 6.10 Å². The summed E-state index contributed by atoms with van der Waals surface area (Å²) in [5.74, 6) is 0. The van der Waals surface area contributed by atoms with Crippen LogP contribution in [0.4, 0.5) is 0 Å². The summed E-state index contributed by atoms with van der Waals surface area (Å²) in [4.78, 5) is 0. The van der Waals surface area contributed by atoms with E-state index in [9.17, 15) is 0 Å². The number of ether oxygens (including phenoxy) is 1. The van der Waals surface area contributed by atoms with Crippen LogP contribution in [-0.4, -0.2) is 11.2 Å². The molecule has 20 heavy (non-hydrogen) atoms. The van der Waals surface area contributed by atoms with Gasteiger partial charge < -0.3 is 9.30 Å². The van der Waals surface area contributed by atoms with Crippen molar-refractivity contribution in [2.75, 3.05) is 6.61 Å². The van der Waals surface area contributed by atoms with Crippen LogP contribution < -0.4 is 0 Å². The van der Waals surface area contributed by atoms with Gasteiger partial charge >= 0.3 is 0 Å². The minimum absolute atomic E-state index is 0.146. The summed E-state index contributed by atoms with van der Waals surface area (Å²) >= 11 is 0. The van der Waals surface area contributed by atoms with E-state index in [1.807, 2.05) is 6.92 Å². The smallest absolute Gasteiger partial charge is 0.0796 e. The highest BCUT2D eigenvalue weighted by Gasteiger charge is 2.12. The zero-order valence-corrected chi connectivity index (χ0v) is 12.4. The molecule has 0 spiro atoms. The topological polar surface area (TPSA) is 14.2 Å². The minimum atomic E-state index is 0.146. The molecule has 0 fully saturated rings. The highest BCUT2D eigenvalue weighted by atomic mass is 16.5. The Kier molecular flexibility index (Phi) is 3.49. The molecule has 0 saturated heterocycles. The predicted octanol–water partition coefficient (Wildman–Crippen LogP) is 4.91. The Morgan fingerprint density at radius 1 is 1.00 bits per heavy atom. The SMILES string of the molecule is CCO[C@@H](C)c1ccc2c(c1)c1ccccc1n2CC. The van der Waals surface area contributed by atoms with Gasteiger partial charge in [-0.25, -0.2) is 0 Å². The summed E-state index contributed by atoms with van der Waals surface area (Å²) in [6.07, 6.45) is 0.146. The fourth-order valence-corrected chi connectivity index (χ4v) is 3.01. The molecule has 0 aliphatic carbocycles. The number of para-hydroxylation sites is 1. The summed E-state index contributed by atoms with van der Waals surface area (Å²) in [6, 6.07) is 15.3. The molecular weight excluding hydrogens is 246 g/mol. The molecule has 104 valence electrons. The van der Waals surface area contributed by atoms with Crippen molar-refractivity contribution in [3.05, 3.63) is 48.0 Å². The fraction of sp³-hybridized carbons (Fsp3) is 0.333. The van der Waals surface area contributed by atoms with Gasteiger partial charge in [0.2, 0.25) is 0 Å². The van der Waals surface area contributed by atoms with Crippen molar-refractivity contribution >= 4 is 21.8 Å². The van der Waals surface area contributed by atoms with Crippen LogP contribution in [0.2, 0.25) is 0 Å². The van der Waals surface area contributed by atoms with E-state index >= 15 is 0 Å². The molecule has 2 heteroatoms.